The van der Waals surface area contributed by atoms with Gasteiger partial charge in [-0.05, 0) is 30.7 Å². The Morgan fingerprint density at radius 3 is 2.80 bits per heavy atom. The zero-order valence-electron chi connectivity index (χ0n) is 16.5. The minimum atomic E-state index is -0.280. The van der Waals surface area contributed by atoms with E-state index in [1.54, 1.807) is 17.4 Å². The second-order valence-electron chi connectivity index (χ2n) is 7.05. The Labute approximate surface area is 192 Å². The van der Waals surface area contributed by atoms with Crippen LogP contribution in [0, 0.1) is 12.7 Å². The number of rotatable bonds is 4. The lowest BCUT2D eigenvalue weighted by Crippen LogP contribution is -2.49. The second-order valence-corrected chi connectivity index (χ2v) is 7.91. The molecule has 0 radical (unpaired) electrons. The molecule has 1 N–H and O–H groups in total. The highest BCUT2D eigenvalue weighted by Crippen LogP contribution is 2.27. The molecule has 3 aromatic rings. The van der Waals surface area contributed by atoms with Crippen molar-refractivity contribution in [2.75, 3.05) is 19.6 Å². The van der Waals surface area contributed by atoms with Crippen LogP contribution in [-0.2, 0) is 11.2 Å². The number of nitrogens with zero attached hydrogens (tertiary/aromatic N) is 2. The molecule has 1 aliphatic heterocycles. The molecule has 0 spiro atoms. The molecule has 1 amide bonds. The fourth-order valence-corrected chi connectivity index (χ4v) is 4.39. The Morgan fingerprint density at radius 1 is 1.23 bits per heavy atom. The SMILES string of the molecule is Cc1cccc(-c2nc(CC(=O)N3CCNCC3c3cccc(F)c3)cs2)c1.Cl.Cl. The Kier molecular flexibility index (Phi) is 8.79. The molecule has 160 valence electrons. The number of amides is 1. The van der Waals surface area contributed by atoms with Gasteiger partial charge < -0.3 is 10.2 Å². The van der Waals surface area contributed by atoms with E-state index in [1.807, 2.05) is 28.5 Å². The highest BCUT2D eigenvalue weighted by Gasteiger charge is 2.28. The van der Waals surface area contributed by atoms with E-state index < -0.39 is 0 Å². The van der Waals surface area contributed by atoms with E-state index in [1.165, 1.54) is 17.7 Å². The van der Waals surface area contributed by atoms with Gasteiger partial charge in [0.1, 0.15) is 10.8 Å². The van der Waals surface area contributed by atoms with Crippen LogP contribution in [-0.4, -0.2) is 35.4 Å². The van der Waals surface area contributed by atoms with Gasteiger partial charge in [-0.25, -0.2) is 9.37 Å². The maximum Gasteiger partial charge on any atom is 0.229 e. The Balaban J connectivity index is 0.00000160. The summed E-state index contributed by atoms with van der Waals surface area (Å²) in [5.74, 6) is -0.255. The highest BCUT2D eigenvalue weighted by atomic mass is 35.5. The number of benzene rings is 2. The molecule has 4 rings (SSSR count). The van der Waals surface area contributed by atoms with E-state index in [2.05, 4.69) is 29.4 Å². The predicted octanol–water partition coefficient (Wildman–Crippen LogP) is 4.82. The number of nitrogens with one attached hydrogen (secondary N) is 1. The normalized spacial score (nSPS) is 15.8. The lowest BCUT2D eigenvalue weighted by molar-refractivity contribution is -0.133. The Morgan fingerprint density at radius 2 is 2.03 bits per heavy atom. The fraction of sp³-hybridized carbons (Fsp3) is 0.273. The van der Waals surface area contributed by atoms with Crippen molar-refractivity contribution in [2.24, 2.45) is 0 Å². The summed E-state index contributed by atoms with van der Waals surface area (Å²) < 4.78 is 13.7. The summed E-state index contributed by atoms with van der Waals surface area (Å²) in [5, 5.41) is 6.18. The van der Waals surface area contributed by atoms with E-state index in [4.69, 9.17) is 0 Å². The quantitative estimate of drug-likeness (QED) is 0.598. The third kappa shape index (κ3) is 5.58. The lowest BCUT2D eigenvalue weighted by Gasteiger charge is -2.36. The molecule has 8 heteroatoms. The van der Waals surface area contributed by atoms with E-state index >= 15 is 0 Å². The largest absolute Gasteiger partial charge is 0.333 e. The standard InChI is InChI=1S/C22H22FN3OS.2ClH/c1-15-4-2-6-17(10-15)22-25-19(14-28-22)12-21(27)26-9-8-24-13-20(26)16-5-3-7-18(23)11-16;;/h2-7,10-11,14,20,24H,8-9,12-13H2,1H3;2*1H. The molecule has 2 heterocycles. The van der Waals surface area contributed by atoms with Crippen LogP contribution in [0.1, 0.15) is 22.9 Å². The number of carbonyl (C=O) groups is 1. The van der Waals surface area contributed by atoms with E-state index in [0.29, 0.717) is 13.1 Å². The number of carbonyl (C=O) groups excluding carboxylic acids is 1. The van der Waals surface area contributed by atoms with E-state index in [9.17, 15) is 9.18 Å². The van der Waals surface area contributed by atoms with Crippen LogP contribution >= 0.6 is 36.2 Å². The third-order valence-corrected chi connectivity index (χ3v) is 5.89. The molecule has 2 aromatic carbocycles. The average Bonchev–Trinajstić information content (AvgIpc) is 3.16. The van der Waals surface area contributed by atoms with Crippen molar-refractivity contribution in [1.82, 2.24) is 15.2 Å². The first-order chi connectivity index (χ1) is 13.6. The summed E-state index contributed by atoms with van der Waals surface area (Å²) in [4.78, 5) is 19.5. The molecule has 1 aliphatic rings. The Hall–Kier alpha value is -1.99. The third-order valence-electron chi connectivity index (χ3n) is 4.95. The van der Waals surface area contributed by atoms with Crippen LogP contribution in [0.4, 0.5) is 4.39 Å². The van der Waals surface area contributed by atoms with Crippen molar-refractivity contribution in [2.45, 2.75) is 19.4 Å². The van der Waals surface area contributed by atoms with Crippen molar-refractivity contribution in [1.29, 1.82) is 0 Å². The highest BCUT2D eigenvalue weighted by molar-refractivity contribution is 7.13. The van der Waals surface area contributed by atoms with Gasteiger partial charge in [-0.1, -0.05) is 35.9 Å². The molecule has 0 aliphatic carbocycles. The van der Waals surface area contributed by atoms with Crippen LogP contribution in [0.15, 0.2) is 53.9 Å². The first kappa shape index (κ1) is 24.3. The van der Waals surface area contributed by atoms with Crippen LogP contribution in [0.5, 0.6) is 0 Å². The Bertz CT molecular complexity index is 998. The van der Waals surface area contributed by atoms with Crippen LogP contribution < -0.4 is 5.32 Å². The molecule has 0 bridgehead atoms. The molecule has 1 aromatic heterocycles. The summed E-state index contributed by atoms with van der Waals surface area (Å²) in [6, 6.07) is 14.5. The number of hydrogen-bond donors (Lipinski definition) is 1. The average molecular weight is 468 g/mol. The zero-order chi connectivity index (χ0) is 19.5. The molecule has 1 unspecified atom stereocenters. The van der Waals surface area contributed by atoms with Gasteiger partial charge in [0.15, 0.2) is 0 Å². The summed E-state index contributed by atoms with van der Waals surface area (Å²) in [5.41, 5.74) is 3.86. The first-order valence-electron chi connectivity index (χ1n) is 9.37. The molecule has 1 saturated heterocycles. The van der Waals surface area contributed by atoms with Crippen LogP contribution in [0.2, 0.25) is 0 Å². The summed E-state index contributed by atoms with van der Waals surface area (Å²) in [6.07, 6.45) is 0.258. The minimum Gasteiger partial charge on any atom is -0.333 e. The van der Waals surface area contributed by atoms with Crippen LogP contribution in [0.3, 0.4) is 0 Å². The van der Waals surface area contributed by atoms with Crippen molar-refractivity contribution in [3.8, 4) is 10.6 Å². The van der Waals surface area contributed by atoms with Gasteiger partial charge in [0.05, 0.1) is 18.2 Å². The maximum absolute atomic E-state index is 13.7. The van der Waals surface area contributed by atoms with E-state index in [0.717, 1.165) is 28.4 Å². The van der Waals surface area contributed by atoms with Crippen molar-refractivity contribution < 1.29 is 9.18 Å². The number of aromatic nitrogens is 1. The smallest absolute Gasteiger partial charge is 0.229 e. The topological polar surface area (TPSA) is 45.2 Å². The molecule has 4 nitrogen and oxygen atoms in total. The van der Waals surface area contributed by atoms with Gasteiger partial charge >= 0.3 is 0 Å². The summed E-state index contributed by atoms with van der Waals surface area (Å²) in [6.45, 7) is 4.03. The van der Waals surface area contributed by atoms with Gasteiger partial charge in [-0.2, -0.15) is 0 Å². The van der Waals surface area contributed by atoms with Crippen molar-refractivity contribution >= 4 is 42.1 Å². The number of halogens is 3. The van der Waals surface area contributed by atoms with Crippen molar-refractivity contribution in [3.05, 3.63) is 76.5 Å². The molecule has 1 fully saturated rings. The number of thiazole rings is 1. The molecular formula is C22H24Cl2FN3OS. The van der Waals surface area contributed by atoms with Gasteiger partial charge in [-0.3, -0.25) is 4.79 Å². The fourth-order valence-electron chi connectivity index (χ4n) is 3.57. The van der Waals surface area contributed by atoms with Gasteiger partial charge in [0.25, 0.3) is 0 Å². The second kappa shape index (κ2) is 10.9. The predicted molar refractivity (Wildman–Crippen MR) is 124 cm³/mol. The number of aryl methyl sites for hydroxylation is 1. The molecule has 0 saturated carbocycles. The molecule has 1 atom stereocenters. The summed E-state index contributed by atoms with van der Waals surface area (Å²) in [7, 11) is 0. The lowest BCUT2D eigenvalue weighted by atomic mass is 10.0. The zero-order valence-corrected chi connectivity index (χ0v) is 19.0. The summed E-state index contributed by atoms with van der Waals surface area (Å²) >= 11 is 1.56. The first-order valence-corrected chi connectivity index (χ1v) is 10.3. The van der Waals surface area contributed by atoms with Gasteiger partial charge in [0, 0.05) is 30.6 Å². The maximum atomic E-state index is 13.7. The molecular weight excluding hydrogens is 444 g/mol. The van der Waals surface area contributed by atoms with Gasteiger partial charge in [-0.15, -0.1) is 36.2 Å². The number of piperazine rings is 1. The van der Waals surface area contributed by atoms with Crippen LogP contribution in [0.25, 0.3) is 10.6 Å². The monoisotopic (exact) mass is 467 g/mol. The minimum absolute atomic E-state index is 0. The van der Waals surface area contributed by atoms with Gasteiger partial charge in [0.2, 0.25) is 5.91 Å². The number of hydrogen-bond acceptors (Lipinski definition) is 4. The van der Waals surface area contributed by atoms with Crippen molar-refractivity contribution in [3.63, 3.8) is 0 Å². The van der Waals surface area contributed by atoms with E-state index in [-0.39, 0.29) is 49.0 Å². The molecule has 30 heavy (non-hydrogen) atoms.